The zero-order valence-corrected chi connectivity index (χ0v) is 12.0. The van der Waals surface area contributed by atoms with Gasteiger partial charge in [-0.25, -0.2) is 0 Å². The lowest BCUT2D eigenvalue weighted by molar-refractivity contribution is 0.0276. The van der Waals surface area contributed by atoms with Crippen LogP contribution in [0.2, 0.25) is 0 Å². The van der Waals surface area contributed by atoms with Gasteiger partial charge in [-0.1, -0.05) is 11.2 Å². The monoisotopic (exact) mass is 279 g/mol. The van der Waals surface area contributed by atoms with Gasteiger partial charge in [-0.05, 0) is 43.4 Å². The minimum Gasteiger partial charge on any atom is -0.493 e. The Hall–Kier alpha value is -1.75. The fraction of sp³-hybridized carbons (Fsp3) is 0.533. The maximum absolute atomic E-state index is 8.71. The molecule has 0 amide bonds. The topological polar surface area (TPSA) is 60.3 Å². The standard InChI is InChI=1S/C15H21NO4/c1-18-14-8-3-11(9-15(14)19-2)10-20-13-6-4-12(16-17)5-7-13/h3,8-9,13,17H,4-7,10H2,1-2H3. The lowest BCUT2D eigenvalue weighted by atomic mass is 9.96. The first-order valence-electron chi connectivity index (χ1n) is 6.79. The summed E-state index contributed by atoms with van der Waals surface area (Å²) in [7, 11) is 3.25. The van der Waals surface area contributed by atoms with Crippen LogP contribution in [-0.2, 0) is 11.3 Å². The van der Waals surface area contributed by atoms with E-state index < -0.39 is 0 Å². The van der Waals surface area contributed by atoms with Gasteiger partial charge in [0.25, 0.3) is 0 Å². The van der Waals surface area contributed by atoms with E-state index in [1.165, 1.54) is 0 Å². The smallest absolute Gasteiger partial charge is 0.161 e. The zero-order valence-electron chi connectivity index (χ0n) is 12.0. The second-order valence-corrected chi connectivity index (χ2v) is 4.87. The van der Waals surface area contributed by atoms with Crippen molar-refractivity contribution in [1.82, 2.24) is 0 Å². The third-order valence-corrected chi connectivity index (χ3v) is 3.58. The molecule has 1 fully saturated rings. The van der Waals surface area contributed by atoms with Crippen molar-refractivity contribution in [3.8, 4) is 11.5 Å². The highest BCUT2D eigenvalue weighted by Gasteiger charge is 2.18. The number of oxime groups is 1. The molecule has 5 heteroatoms. The molecular formula is C15H21NO4. The molecule has 0 aliphatic heterocycles. The van der Waals surface area contributed by atoms with Crippen LogP contribution in [0.3, 0.4) is 0 Å². The Bertz CT molecular complexity index is 463. The van der Waals surface area contributed by atoms with Gasteiger partial charge in [0.15, 0.2) is 11.5 Å². The summed E-state index contributed by atoms with van der Waals surface area (Å²) in [5.41, 5.74) is 1.93. The van der Waals surface area contributed by atoms with Gasteiger partial charge in [0.05, 0.1) is 32.6 Å². The molecule has 1 aromatic rings. The SMILES string of the molecule is COc1ccc(COC2CCC(=NO)CC2)cc1OC. The predicted octanol–water partition coefficient (Wildman–Crippen LogP) is 2.99. The predicted molar refractivity (Wildman–Crippen MR) is 75.8 cm³/mol. The fourth-order valence-electron chi connectivity index (χ4n) is 2.38. The minimum absolute atomic E-state index is 0.230. The molecular weight excluding hydrogens is 258 g/mol. The van der Waals surface area contributed by atoms with Crippen LogP contribution < -0.4 is 9.47 Å². The van der Waals surface area contributed by atoms with E-state index in [1.54, 1.807) is 14.2 Å². The van der Waals surface area contributed by atoms with Crippen molar-refractivity contribution in [3.05, 3.63) is 23.8 Å². The number of nitrogens with zero attached hydrogens (tertiary/aromatic N) is 1. The molecule has 0 radical (unpaired) electrons. The Labute approximate surface area is 119 Å². The van der Waals surface area contributed by atoms with Crippen LogP contribution in [-0.4, -0.2) is 31.2 Å². The van der Waals surface area contributed by atoms with E-state index in [4.69, 9.17) is 19.4 Å². The van der Waals surface area contributed by atoms with Crippen LogP contribution in [0.5, 0.6) is 11.5 Å². The van der Waals surface area contributed by atoms with Crippen molar-refractivity contribution >= 4 is 5.71 Å². The highest BCUT2D eigenvalue weighted by atomic mass is 16.5. The highest BCUT2D eigenvalue weighted by Crippen LogP contribution is 2.28. The van der Waals surface area contributed by atoms with Crippen molar-refractivity contribution in [1.29, 1.82) is 0 Å². The molecule has 0 unspecified atom stereocenters. The third kappa shape index (κ3) is 3.63. The Morgan fingerprint density at radius 3 is 2.45 bits per heavy atom. The first kappa shape index (κ1) is 14.7. The van der Waals surface area contributed by atoms with Crippen molar-refractivity contribution < 1.29 is 19.4 Å². The largest absolute Gasteiger partial charge is 0.493 e. The molecule has 1 aromatic carbocycles. The van der Waals surface area contributed by atoms with Crippen molar-refractivity contribution in [2.45, 2.75) is 38.4 Å². The van der Waals surface area contributed by atoms with Crippen LogP contribution in [0.25, 0.3) is 0 Å². The second-order valence-electron chi connectivity index (χ2n) is 4.87. The van der Waals surface area contributed by atoms with Gasteiger partial charge in [0, 0.05) is 0 Å². The first-order valence-corrected chi connectivity index (χ1v) is 6.79. The van der Waals surface area contributed by atoms with Crippen LogP contribution in [0, 0.1) is 0 Å². The molecule has 0 aromatic heterocycles. The molecule has 2 rings (SSSR count). The van der Waals surface area contributed by atoms with E-state index in [-0.39, 0.29) is 6.10 Å². The van der Waals surface area contributed by atoms with E-state index in [0.29, 0.717) is 12.4 Å². The Morgan fingerprint density at radius 2 is 1.85 bits per heavy atom. The van der Waals surface area contributed by atoms with E-state index in [2.05, 4.69) is 5.16 Å². The maximum atomic E-state index is 8.71. The summed E-state index contributed by atoms with van der Waals surface area (Å²) in [5.74, 6) is 1.43. The molecule has 0 heterocycles. The number of hydrogen-bond donors (Lipinski definition) is 1. The first-order chi connectivity index (χ1) is 9.76. The average Bonchev–Trinajstić information content (AvgIpc) is 2.53. The summed E-state index contributed by atoms with van der Waals surface area (Å²) in [5, 5.41) is 12.0. The van der Waals surface area contributed by atoms with Gasteiger partial charge < -0.3 is 19.4 Å². The molecule has 1 N–H and O–H groups in total. The van der Waals surface area contributed by atoms with Crippen molar-refractivity contribution in [3.63, 3.8) is 0 Å². The van der Waals surface area contributed by atoms with Gasteiger partial charge in [0.2, 0.25) is 0 Å². The molecule has 110 valence electrons. The molecule has 1 aliphatic rings. The van der Waals surface area contributed by atoms with Gasteiger partial charge in [0.1, 0.15) is 0 Å². The number of ether oxygens (including phenoxy) is 3. The van der Waals surface area contributed by atoms with E-state index >= 15 is 0 Å². The number of rotatable bonds is 5. The number of benzene rings is 1. The van der Waals surface area contributed by atoms with Crippen LogP contribution >= 0.6 is 0 Å². The Morgan fingerprint density at radius 1 is 1.15 bits per heavy atom. The molecule has 0 spiro atoms. The lowest BCUT2D eigenvalue weighted by Crippen LogP contribution is -2.21. The molecule has 0 bridgehead atoms. The third-order valence-electron chi connectivity index (χ3n) is 3.58. The summed E-state index contributed by atoms with van der Waals surface area (Å²) in [6.07, 6.45) is 3.67. The average molecular weight is 279 g/mol. The quantitative estimate of drug-likeness (QED) is 0.665. The molecule has 0 saturated heterocycles. The Balaban J connectivity index is 1.88. The van der Waals surface area contributed by atoms with Crippen LogP contribution in [0.4, 0.5) is 0 Å². The Kier molecular flexibility index (Phi) is 5.24. The molecule has 20 heavy (non-hydrogen) atoms. The van der Waals surface area contributed by atoms with Gasteiger partial charge in [-0.15, -0.1) is 0 Å². The minimum atomic E-state index is 0.230. The number of methoxy groups -OCH3 is 2. The molecule has 0 atom stereocenters. The summed E-state index contributed by atoms with van der Waals surface area (Å²) >= 11 is 0. The maximum Gasteiger partial charge on any atom is 0.161 e. The second kappa shape index (κ2) is 7.14. The van der Waals surface area contributed by atoms with E-state index in [1.807, 2.05) is 18.2 Å². The van der Waals surface area contributed by atoms with Crippen LogP contribution in [0.15, 0.2) is 23.4 Å². The normalized spacial score (nSPS) is 18.7. The van der Waals surface area contributed by atoms with Gasteiger partial charge >= 0.3 is 0 Å². The summed E-state index contributed by atoms with van der Waals surface area (Å²) < 4.78 is 16.4. The van der Waals surface area contributed by atoms with Gasteiger partial charge in [-0.3, -0.25) is 0 Å². The fourth-order valence-corrected chi connectivity index (χ4v) is 2.38. The molecule has 5 nitrogen and oxygen atoms in total. The lowest BCUT2D eigenvalue weighted by Gasteiger charge is -2.22. The summed E-state index contributed by atoms with van der Waals surface area (Å²) in [6.45, 7) is 0.552. The molecule has 1 aliphatic carbocycles. The number of hydrogen-bond acceptors (Lipinski definition) is 5. The zero-order chi connectivity index (χ0) is 14.4. The van der Waals surface area contributed by atoms with Crippen molar-refractivity contribution in [2.75, 3.05) is 14.2 Å². The van der Waals surface area contributed by atoms with E-state index in [0.717, 1.165) is 42.7 Å². The summed E-state index contributed by atoms with van der Waals surface area (Å²) in [6, 6.07) is 5.79. The highest BCUT2D eigenvalue weighted by molar-refractivity contribution is 5.84. The van der Waals surface area contributed by atoms with E-state index in [9.17, 15) is 0 Å². The van der Waals surface area contributed by atoms with Gasteiger partial charge in [-0.2, -0.15) is 0 Å². The molecule has 1 saturated carbocycles. The summed E-state index contributed by atoms with van der Waals surface area (Å²) in [4.78, 5) is 0. The van der Waals surface area contributed by atoms with Crippen molar-refractivity contribution in [2.24, 2.45) is 5.16 Å². The van der Waals surface area contributed by atoms with Crippen LogP contribution in [0.1, 0.15) is 31.2 Å².